The highest BCUT2D eigenvalue weighted by Gasteiger charge is 2.12. The third kappa shape index (κ3) is 6.34. The molecule has 4 N–H and O–H groups in total. The maximum absolute atomic E-state index is 9.96. The fourth-order valence-electron chi connectivity index (χ4n) is 5.46. The molecule has 0 atom stereocenters. The highest BCUT2D eigenvalue weighted by molar-refractivity contribution is 5.99. The Morgan fingerprint density at radius 2 is 1.73 bits per heavy atom. The average Bonchev–Trinajstić information content (AvgIpc) is 3.28. The molecule has 0 bridgehead atoms. The van der Waals surface area contributed by atoms with Gasteiger partial charge in [0.15, 0.2) is 0 Å². The third-order valence-corrected chi connectivity index (χ3v) is 7.58. The molecule has 1 aliphatic carbocycles. The summed E-state index contributed by atoms with van der Waals surface area (Å²) < 4.78 is 8.29. The first-order chi connectivity index (χ1) is 19.5. The summed E-state index contributed by atoms with van der Waals surface area (Å²) in [5, 5.41) is 14.1. The number of amidine groups is 1. The van der Waals surface area contributed by atoms with Crippen molar-refractivity contribution in [1.29, 1.82) is 5.41 Å². The van der Waals surface area contributed by atoms with Gasteiger partial charge in [-0.2, -0.15) is 0 Å². The van der Waals surface area contributed by atoms with Gasteiger partial charge in [-0.05, 0) is 77.9 Å². The van der Waals surface area contributed by atoms with Crippen LogP contribution in [-0.2, 0) is 11.3 Å². The van der Waals surface area contributed by atoms with Gasteiger partial charge in [0, 0.05) is 29.4 Å². The van der Waals surface area contributed by atoms with Crippen LogP contribution in [0.4, 0.5) is 0 Å². The van der Waals surface area contributed by atoms with Gasteiger partial charge in [0.1, 0.15) is 17.3 Å². The summed E-state index contributed by atoms with van der Waals surface area (Å²) in [6.07, 6.45) is 7.08. The number of nitrogens with zero attached hydrogens (tertiary/aromatic N) is 1. The highest BCUT2D eigenvalue weighted by atomic mass is 16.5. The van der Waals surface area contributed by atoms with E-state index in [1.165, 1.54) is 48.7 Å². The van der Waals surface area contributed by atoms with Crippen molar-refractivity contribution in [2.24, 2.45) is 5.73 Å². The Hall–Kier alpha value is -4.58. The average molecular weight is 533 g/mol. The van der Waals surface area contributed by atoms with Crippen molar-refractivity contribution in [2.75, 3.05) is 0 Å². The molecule has 1 saturated carbocycles. The molecule has 204 valence electrons. The van der Waals surface area contributed by atoms with Crippen LogP contribution in [0.5, 0.6) is 11.5 Å². The van der Waals surface area contributed by atoms with Gasteiger partial charge in [0.2, 0.25) is 6.41 Å². The van der Waals surface area contributed by atoms with E-state index in [9.17, 15) is 4.79 Å². The molecule has 0 radical (unpaired) electrons. The summed E-state index contributed by atoms with van der Waals surface area (Å²) in [5.41, 5.74) is 9.96. The number of carbonyl (C=O) groups excluding carboxylic acids is 1. The Kier molecular flexibility index (Phi) is 8.45. The van der Waals surface area contributed by atoms with Crippen LogP contribution in [0.15, 0.2) is 91.0 Å². The van der Waals surface area contributed by atoms with E-state index >= 15 is 0 Å². The van der Waals surface area contributed by atoms with Crippen LogP contribution in [0.3, 0.4) is 0 Å². The zero-order valence-corrected chi connectivity index (χ0v) is 22.9. The summed E-state index contributed by atoms with van der Waals surface area (Å²) in [5.74, 6) is 1.74. The van der Waals surface area contributed by atoms with Gasteiger partial charge in [0.05, 0.1) is 0 Å². The number of nitrogens with two attached hydrogens (primary N) is 1. The molecule has 6 nitrogen and oxygen atoms in total. The number of ether oxygens (including phenoxy) is 1. The molecule has 1 amide bonds. The van der Waals surface area contributed by atoms with Crippen molar-refractivity contribution in [1.82, 2.24) is 9.88 Å². The Bertz CT molecular complexity index is 1620. The maximum atomic E-state index is 9.96. The van der Waals surface area contributed by atoms with Gasteiger partial charge >= 0.3 is 0 Å². The Morgan fingerprint density at radius 1 is 0.925 bits per heavy atom. The standard InChI is InChI=1S/C27H23N3O.C7H13NO/c1-18-14-20-10-11-21(27(28)29)16-26(20)30(18)17-22-7-5-6-19-15-24(12-13-25(19)22)31-23-8-3-2-4-9-23;9-6-8-7-4-2-1-3-5-7/h2-16H,17H2,1H3,(H3,28,29);6-7H,1-5H2,(H,8,9). The molecule has 0 spiro atoms. The molecule has 1 aromatic heterocycles. The lowest BCUT2D eigenvalue weighted by Gasteiger charge is -2.19. The van der Waals surface area contributed by atoms with Crippen LogP contribution in [0.25, 0.3) is 21.7 Å². The first-order valence-electron chi connectivity index (χ1n) is 13.9. The molecule has 0 aliphatic heterocycles. The van der Waals surface area contributed by atoms with E-state index in [2.05, 4.69) is 53.2 Å². The zero-order chi connectivity index (χ0) is 27.9. The summed E-state index contributed by atoms with van der Waals surface area (Å²) in [6, 6.07) is 31.0. The third-order valence-electron chi connectivity index (χ3n) is 7.58. The minimum atomic E-state index is 0.0865. The number of benzene rings is 4. The van der Waals surface area contributed by atoms with Crippen molar-refractivity contribution >= 4 is 33.9 Å². The zero-order valence-electron chi connectivity index (χ0n) is 22.9. The topological polar surface area (TPSA) is 93.1 Å². The number of rotatable bonds is 7. The number of fused-ring (bicyclic) bond motifs is 2. The van der Waals surface area contributed by atoms with Gasteiger partial charge < -0.3 is 20.4 Å². The minimum absolute atomic E-state index is 0.0865. The van der Waals surface area contributed by atoms with Gasteiger partial charge in [-0.15, -0.1) is 0 Å². The van der Waals surface area contributed by atoms with Crippen molar-refractivity contribution in [3.63, 3.8) is 0 Å². The van der Waals surface area contributed by atoms with E-state index in [0.717, 1.165) is 46.3 Å². The van der Waals surface area contributed by atoms with Crippen LogP contribution in [0.2, 0.25) is 0 Å². The lowest BCUT2D eigenvalue weighted by atomic mass is 9.96. The van der Waals surface area contributed by atoms with Crippen LogP contribution in [-0.4, -0.2) is 22.9 Å². The lowest BCUT2D eigenvalue weighted by Crippen LogP contribution is -2.29. The number of nitrogens with one attached hydrogen (secondary N) is 2. The fraction of sp³-hybridized carbons (Fsp3) is 0.235. The number of aryl methyl sites for hydroxylation is 1. The maximum Gasteiger partial charge on any atom is 0.207 e. The number of nitrogen functional groups attached to an aromatic ring is 1. The predicted molar refractivity (Wildman–Crippen MR) is 163 cm³/mol. The van der Waals surface area contributed by atoms with Crippen molar-refractivity contribution in [3.8, 4) is 11.5 Å². The molecule has 6 heteroatoms. The minimum Gasteiger partial charge on any atom is -0.457 e. The number of para-hydroxylation sites is 1. The summed E-state index contributed by atoms with van der Waals surface area (Å²) in [4.78, 5) is 9.96. The Balaban J connectivity index is 0.000000306. The van der Waals surface area contributed by atoms with E-state index < -0.39 is 0 Å². The van der Waals surface area contributed by atoms with Crippen LogP contribution in [0, 0.1) is 12.3 Å². The molecule has 0 saturated heterocycles. The molecule has 6 rings (SSSR count). The number of hydrogen-bond acceptors (Lipinski definition) is 3. The van der Waals surface area contributed by atoms with Gasteiger partial charge in [-0.25, -0.2) is 0 Å². The molecular weight excluding hydrogens is 496 g/mol. The van der Waals surface area contributed by atoms with Crippen LogP contribution < -0.4 is 15.8 Å². The number of amides is 1. The Morgan fingerprint density at radius 3 is 2.48 bits per heavy atom. The van der Waals surface area contributed by atoms with Crippen LogP contribution in [0.1, 0.15) is 48.9 Å². The quantitative estimate of drug-likeness (QED) is 0.117. The number of hydrogen-bond donors (Lipinski definition) is 3. The fourth-order valence-corrected chi connectivity index (χ4v) is 5.46. The molecule has 1 fully saturated rings. The van der Waals surface area contributed by atoms with Crippen molar-refractivity contribution in [2.45, 2.75) is 51.6 Å². The van der Waals surface area contributed by atoms with Crippen LogP contribution >= 0.6 is 0 Å². The van der Waals surface area contributed by atoms with E-state index in [1.54, 1.807) is 0 Å². The van der Waals surface area contributed by atoms with E-state index in [0.29, 0.717) is 6.04 Å². The van der Waals surface area contributed by atoms with E-state index in [-0.39, 0.29) is 5.84 Å². The number of aromatic nitrogens is 1. The largest absolute Gasteiger partial charge is 0.457 e. The van der Waals surface area contributed by atoms with Crippen molar-refractivity contribution in [3.05, 3.63) is 108 Å². The Labute approximate surface area is 235 Å². The molecule has 5 aromatic rings. The summed E-state index contributed by atoms with van der Waals surface area (Å²) >= 11 is 0. The van der Waals surface area contributed by atoms with Crippen molar-refractivity contribution < 1.29 is 9.53 Å². The predicted octanol–water partition coefficient (Wildman–Crippen LogP) is 7.29. The first kappa shape index (κ1) is 27.0. The van der Waals surface area contributed by atoms with Gasteiger partial charge in [-0.3, -0.25) is 10.2 Å². The molecular formula is C34H36N4O2. The number of carbonyl (C=O) groups is 1. The lowest BCUT2D eigenvalue weighted by molar-refractivity contribution is -0.110. The smallest absolute Gasteiger partial charge is 0.207 e. The summed E-state index contributed by atoms with van der Waals surface area (Å²) in [6.45, 7) is 2.86. The van der Waals surface area contributed by atoms with E-state index in [1.807, 2.05) is 54.6 Å². The molecule has 4 aromatic carbocycles. The molecule has 40 heavy (non-hydrogen) atoms. The second kappa shape index (κ2) is 12.5. The molecule has 1 aliphatic rings. The van der Waals surface area contributed by atoms with Gasteiger partial charge in [-0.1, -0.05) is 73.9 Å². The second-order valence-corrected chi connectivity index (χ2v) is 10.4. The molecule has 0 unspecified atom stereocenters. The summed E-state index contributed by atoms with van der Waals surface area (Å²) in [7, 11) is 0. The second-order valence-electron chi connectivity index (χ2n) is 10.4. The monoisotopic (exact) mass is 532 g/mol. The SMILES string of the molecule is Cc1cc2ccc(C(=N)N)cc2n1Cc1cccc2cc(Oc3ccccc3)ccc12.O=CNC1CCCCC1. The first-order valence-corrected chi connectivity index (χ1v) is 13.9. The highest BCUT2D eigenvalue weighted by Crippen LogP contribution is 2.29. The molecule has 1 heterocycles. The normalized spacial score (nSPS) is 13.4. The van der Waals surface area contributed by atoms with E-state index in [4.69, 9.17) is 15.9 Å². The van der Waals surface area contributed by atoms with Gasteiger partial charge in [0.25, 0.3) is 0 Å².